The number of piperidine rings is 1. The average molecular weight is 378 g/mol. The molecule has 1 saturated heterocycles. The number of carbonyl (C=O) groups excluding carboxylic acids is 2. The maximum Gasteiger partial charge on any atom is 0.251 e. The lowest BCUT2D eigenvalue weighted by atomic mass is 10.0. The third-order valence-corrected chi connectivity index (χ3v) is 6.02. The van der Waals surface area contributed by atoms with Crippen molar-refractivity contribution in [2.24, 2.45) is 5.92 Å². The van der Waals surface area contributed by atoms with Gasteiger partial charge in [-0.1, -0.05) is 36.4 Å². The van der Waals surface area contributed by atoms with E-state index in [1.165, 1.54) is 0 Å². The third-order valence-electron chi connectivity index (χ3n) is 6.02. The first-order chi connectivity index (χ1) is 13.7. The Bertz CT molecular complexity index is 852. The molecule has 2 aromatic rings. The minimum absolute atomic E-state index is 0.0211. The summed E-state index contributed by atoms with van der Waals surface area (Å²) in [5, 5.41) is 3.17. The maximum atomic E-state index is 12.8. The molecule has 1 saturated carbocycles. The quantitative estimate of drug-likeness (QED) is 0.841. The average Bonchev–Trinajstić information content (AvgIpc) is 3.33. The molecule has 5 nitrogen and oxygen atoms in total. The number of rotatable bonds is 6. The van der Waals surface area contributed by atoms with Crippen molar-refractivity contribution < 1.29 is 14.3 Å². The van der Waals surface area contributed by atoms with Gasteiger partial charge in [-0.15, -0.1) is 0 Å². The molecule has 146 valence electrons. The summed E-state index contributed by atoms with van der Waals surface area (Å²) in [7, 11) is 1.66. The molecule has 0 radical (unpaired) electrons. The predicted molar refractivity (Wildman–Crippen MR) is 107 cm³/mol. The molecule has 0 spiro atoms. The van der Waals surface area contributed by atoms with E-state index in [0.717, 1.165) is 30.7 Å². The molecule has 2 bridgehead atoms. The standard InChI is InChI=1S/C23H26N2O3/c1-28-21-10-6-5-7-16(21)11-12-22(26)25-15-18-13-19(25)14-20(18)24-23(27)17-8-3-2-4-9-17/h2-10,18-20H,11-15H2,1H3,(H,24,27)/t18-,19-,20-/m0/s1. The second kappa shape index (κ2) is 8.05. The van der Waals surface area contributed by atoms with Gasteiger partial charge in [0.25, 0.3) is 5.91 Å². The summed E-state index contributed by atoms with van der Waals surface area (Å²) in [6.45, 7) is 0.745. The monoisotopic (exact) mass is 378 g/mol. The van der Waals surface area contributed by atoms with Crippen LogP contribution in [0.15, 0.2) is 54.6 Å². The Kier molecular flexibility index (Phi) is 5.33. The van der Waals surface area contributed by atoms with Gasteiger partial charge in [0.15, 0.2) is 0 Å². The molecule has 1 aliphatic heterocycles. The molecule has 5 heteroatoms. The number of hydrogen-bond acceptors (Lipinski definition) is 3. The van der Waals surface area contributed by atoms with Gasteiger partial charge < -0.3 is 15.0 Å². The molecule has 2 aromatic carbocycles. The molecular formula is C23H26N2O3. The van der Waals surface area contributed by atoms with E-state index in [0.29, 0.717) is 24.3 Å². The zero-order chi connectivity index (χ0) is 19.5. The molecule has 2 fully saturated rings. The summed E-state index contributed by atoms with van der Waals surface area (Å²) in [5.74, 6) is 1.37. The summed E-state index contributed by atoms with van der Waals surface area (Å²) in [5.41, 5.74) is 1.76. The molecule has 3 atom stereocenters. The highest BCUT2D eigenvalue weighted by Crippen LogP contribution is 2.38. The Labute approximate surface area is 165 Å². The van der Waals surface area contributed by atoms with Gasteiger partial charge >= 0.3 is 0 Å². The van der Waals surface area contributed by atoms with Crippen molar-refractivity contribution >= 4 is 11.8 Å². The molecule has 2 amide bonds. The largest absolute Gasteiger partial charge is 0.496 e. The van der Waals surface area contributed by atoms with Crippen molar-refractivity contribution in [1.29, 1.82) is 0 Å². The summed E-state index contributed by atoms with van der Waals surface area (Å²) in [6, 6.07) is 17.6. The van der Waals surface area contributed by atoms with Gasteiger partial charge in [0.2, 0.25) is 5.91 Å². The van der Waals surface area contributed by atoms with Gasteiger partial charge in [-0.05, 0) is 48.9 Å². The van der Waals surface area contributed by atoms with Crippen molar-refractivity contribution in [2.75, 3.05) is 13.7 Å². The van der Waals surface area contributed by atoms with Crippen LogP contribution in [0, 0.1) is 5.92 Å². The second-order valence-corrected chi connectivity index (χ2v) is 7.69. The zero-order valence-electron chi connectivity index (χ0n) is 16.1. The van der Waals surface area contributed by atoms with Crippen LogP contribution in [0.2, 0.25) is 0 Å². The van der Waals surface area contributed by atoms with Crippen LogP contribution in [-0.4, -0.2) is 42.5 Å². The number of aryl methyl sites for hydroxylation is 1. The smallest absolute Gasteiger partial charge is 0.251 e. The van der Waals surface area contributed by atoms with Crippen LogP contribution in [-0.2, 0) is 11.2 Å². The van der Waals surface area contributed by atoms with E-state index in [9.17, 15) is 9.59 Å². The second-order valence-electron chi connectivity index (χ2n) is 7.69. The third kappa shape index (κ3) is 3.75. The number of amides is 2. The van der Waals surface area contributed by atoms with E-state index < -0.39 is 0 Å². The molecular weight excluding hydrogens is 352 g/mol. The number of para-hydroxylation sites is 1. The highest BCUT2D eigenvalue weighted by molar-refractivity contribution is 5.94. The van der Waals surface area contributed by atoms with E-state index in [-0.39, 0.29) is 23.9 Å². The molecule has 0 unspecified atom stereocenters. The molecule has 28 heavy (non-hydrogen) atoms. The Morgan fingerprint density at radius 3 is 2.54 bits per heavy atom. The van der Waals surface area contributed by atoms with Crippen LogP contribution in [0.25, 0.3) is 0 Å². The normalized spacial score (nSPS) is 22.9. The van der Waals surface area contributed by atoms with Gasteiger partial charge in [0.05, 0.1) is 7.11 Å². The van der Waals surface area contributed by atoms with Gasteiger partial charge in [-0.3, -0.25) is 9.59 Å². The van der Waals surface area contributed by atoms with E-state index in [1.807, 2.05) is 59.5 Å². The van der Waals surface area contributed by atoms with Gasteiger partial charge in [0.1, 0.15) is 5.75 Å². The Hall–Kier alpha value is -2.82. The number of ether oxygens (including phenoxy) is 1. The number of nitrogens with one attached hydrogen (secondary N) is 1. The topological polar surface area (TPSA) is 58.6 Å². The fourth-order valence-electron chi connectivity index (χ4n) is 4.57. The van der Waals surface area contributed by atoms with E-state index in [2.05, 4.69) is 5.32 Å². The fraction of sp³-hybridized carbons (Fsp3) is 0.391. The van der Waals surface area contributed by atoms with Crippen molar-refractivity contribution in [3.63, 3.8) is 0 Å². The van der Waals surface area contributed by atoms with Crippen LogP contribution in [0.3, 0.4) is 0 Å². The zero-order valence-corrected chi connectivity index (χ0v) is 16.1. The van der Waals surface area contributed by atoms with Gasteiger partial charge in [-0.2, -0.15) is 0 Å². The minimum atomic E-state index is -0.0211. The highest BCUT2D eigenvalue weighted by Gasteiger charge is 2.46. The summed E-state index contributed by atoms with van der Waals surface area (Å²) >= 11 is 0. The molecule has 0 aromatic heterocycles. The molecule has 1 aliphatic carbocycles. The Morgan fingerprint density at radius 2 is 1.82 bits per heavy atom. The van der Waals surface area contributed by atoms with Crippen LogP contribution in [0.4, 0.5) is 0 Å². The number of carbonyl (C=O) groups is 2. The maximum absolute atomic E-state index is 12.8. The number of nitrogens with zero attached hydrogens (tertiary/aromatic N) is 1. The Morgan fingerprint density at radius 1 is 1.07 bits per heavy atom. The highest BCUT2D eigenvalue weighted by atomic mass is 16.5. The molecule has 4 rings (SSSR count). The van der Waals surface area contributed by atoms with Crippen LogP contribution < -0.4 is 10.1 Å². The van der Waals surface area contributed by atoms with Crippen molar-refractivity contribution in [3.8, 4) is 5.75 Å². The summed E-state index contributed by atoms with van der Waals surface area (Å²) in [6.07, 6.45) is 3.01. The lowest BCUT2D eigenvalue weighted by Gasteiger charge is -2.32. The lowest BCUT2D eigenvalue weighted by Crippen LogP contribution is -2.47. The fourth-order valence-corrected chi connectivity index (χ4v) is 4.57. The predicted octanol–water partition coefficient (Wildman–Crippen LogP) is 3.05. The number of methoxy groups -OCH3 is 1. The van der Waals surface area contributed by atoms with Gasteiger partial charge in [-0.25, -0.2) is 0 Å². The summed E-state index contributed by atoms with van der Waals surface area (Å²) in [4.78, 5) is 27.2. The number of benzene rings is 2. The first-order valence-electron chi connectivity index (χ1n) is 9.93. The van der Waals surface area contributed by atoms with Crippen molar-refractivity contribution in [3.05, 3.63) is 65.7 Å². The van der Waals surface area contributed by atoms with Crippen LogP contribution in [0.1, 0.15) is 35.2 Å². The lowest BCUT2D eigenvalue weighted by molar-refractivity contribution is -0.132. The van der Waals surface area contributed by atoms with E-state index in [1.54, 1.807) is 7.11 Å². The van der Waals surface area contributed by atoms with Crippen LogP contribution in [0.5, 0.6) is 5.75 Å². The SMILES string of the molecule is COc1ccccc1CCC(=O)N1C[C@@H]2C[C@H]1C[C@@H]2NC(=O)c1ccccc1. The molecule has 1 heterocycles. The number of likely N-dealkylation sites (tertiary alicyclic amines) is 1. The van der Waals surface area contributed by atoms with Crippen molar-refractivity contribution in [1.82, 2.24) is 10.2 Å². The number of hydrogen-bond donors (Lipinski definition) is 1. The Balaban J connectivity index is 1.30. The molecule has 1 N–H and O–H groups in total. The van der Waals surface area contributed by atoms with Gasteiger partial charge in [0, 0.05) is 30.6 Å². The minimum Gasteiger partial charge on any atom is -0.496 e. The number of fused-ring (bicyclic) bond motifs is 2. The van der Waals surface area contributed by atoms with E-state index in [4.69, 9.17) is 4.74 Å². The van der Waals surface area contributed by atoms with E-state index >= 15 is 0 Å². The van der Waals surface area contributed by atoms with Crippen molar-refractivity contribution in [2.45, 2.75) is 37.8 Å². The van der Waals surface area contributed by atoms with Crippen LogP contribution >= 0.6 is 0 Å². The first-order valence-corrected chi connectivity index (χ1v) is 9.93. The molecule has 2 aliphatic rings. The first kappa shape index (κ1) is 18.5. The summed E-state index contributed by atoms with van der Waals surface area (Å²) < 4.78 is 5.37.